The maximum atomic E-state index is 11.0. The molecule has 0 spiro atoms. The normalized spacial score (nSPS) is 12.6. The first-order valence-corrected chi connectivity index (χ1v) is 6.10. The van der Waals surface area contributed by atoms with Gasteiger partial charge in [-0.15, -0.1) is 0 Å². The van der Waals surface area contributed by atoms with Crippen molar-refractivity contribution in [1.82, 2.24) is 9.97 Å². The second-order valence-electron chi connectivity index (χ2n) is 4.68. The number of aromatic nitrogens is 2. The third-order valence-electron chi connectivity index (χ3n) is 2.75. The van der Waals surface area contributed by atoms with E-state index in [0.717, 1.165) is 6.42 Å². The molecule has 0 N–H and O–H groups in total. The van der Waals surface area contributed by atoms with Crippen LogP contribution in [0.3, 0.4) is 0 Å². The summed E-state index contributed by atoms with van der Waals surface area (Å²) in [5.41, 5.74) is -0.239. The predicted molar refractivity (Wildman–Crippen MR) is 71.0 cm³/mol. The highest BCUT2D eigenvalue weighted by Gasteiger charge is 2.26. The number of rotatable bonds is 5. The Morgan fingerprint density at radius 1 is 1.44 bits per heavy atom. The molecular formula is C11H17ClN4O2. The van der Waals surface area contributed by atoms with E-state index in [2.05, 4.69) is 23.8 Å². The molecule has 1 atom stereocenters. The summed E-state index contributed by atoms with van der Waals surface area (Å²) >= 11 is 5.76. The highest BCUT2D eigenvalue weighted by molar-refractivity contribution is 6.31. The average Bonchev–Trinajstić information content (AvgIpc) is 2.26. The number of nitrogens with zero attached hydrogens (tertiary/aromatic N) is 4. The molecule has 0 saturated heterocycles. The Morgan fingerprint density at radius 3 is 2.56 bits per heavy atom. The first-order valence-electron chi connectivity index (χ1n) is 5.72. The summed E-state index contributed by atoms with van der Waals surface area (Å²) in [6, 6.07) is 0.134. The molecule has 1 aromatic rings. The molecule has 100 valence electrons. The molecule has 0 aliphatic rings. The second kappa shape index (κ2) is 5.95. The van der Waals surface area contributed by atoms with Crippen LogP contribution in [0, 0.1) is 16.0 Å². The molecule has 1 unspecified atom stereocenters. The SMILES string of the molecule is CC(C)CC(C)N(C)c1ncnc(Cl)c1[N+](=O)[O-]. The van der Waals surface area contributed by atoms with Crippen molar-refractivity contribution in [2.75, 3.05) is 11.9 Å². The maximum absolute atomic E-state index is 11.0. The van der Waals surface area contributed by atoms with Gasteiger partial charge in [-0.3, -0.25) is 10.1 Å². The van der Waals surface area contributed by atoms with Gasteiger partial charge in [0.05, 0.1) is 4.92 Å². The van der Waals surface area contributed by atoms with Crippen LogP contribution in [0.2, 0.25) is 5.15 Å². The fourth-order valence-electron chi connectivity index (χ4n) is 1.81. The van der Waals surface area contributed by atoms with Crippen LogP contribution in [-0.2, 0) is 0 Å². The largest absolute Gasteiger partial charge is 0.351 e. The van der Waals surface area contributed by atoms with Gasteiger partial charge in [-0.05, 0) is 19.3 Å². The molecule has 1 aromatic heterocycles. The standard InChI is InChI=1S/C11H17ClN4O2/c1-7(2)5-8(3)15(4)11-9(16(17)18)10(12)13-6-14-11/h6-8H,5H2,1-4H3. The quantitative estimate of drug-likeness (QED) is 0.468. The van der Waals surface area contributed by atoms with Crippen molar-refractivity contribution in [3.63, 3.8) is 0 Å². The fraction of sp³-hybridized carbons (Fsp3) is 0.636. The van der Waals surface area contributed by atoms with Gasteiger partial charge in [0, 0.05) is 13.1 Å². The molecule has 0 aliphatic heterocycles. The number of hydrogen-bond donors (Lipinski definition) is 0. The molecular weight excluding hydrogens is 256 g/mol. The summed E-state index contributed by atoms with van der Waals surface area (Å²) in [5, 5.41) is 10.9. The lowest BCUT2D eigenvalue weighted by molar-refractivity contribution is -0.384. The Hall–Kier alpha value is -1.43. The predicted octanol–water partition coefficient (Wildman–Crippen LogP) is 2.91. The highest BCUT2D eigenvalue weighted by atomic mass is 35.5. The van der Waals surface area contributed by atoms with E-state index in [1.165, 1.54) is 6.33 Å². The van der Waals surface area contributed by atoms with E-state index in [-0.39, 0.29) is 22.7 Å². The minimum atomic E-state index is -0.545. The Bertz CT molecular complexity index is 439. The van der Waals surface area contributed by atoms with Crippen molar-refractivity contribution in [2.24, 2.45) is 5.92 Å². The summed E-state index contributed by atoms with van der Waals surface area (Å²) in [4.78, 5) is 19.9. The Balaban J connectivity index is 3.09. The third-order valence-corrected chi connectivity index (χ3v) is 3.03. The van der Waals surface area contributed by atoms with Crippen LogP contribution in [0.25, 0.3) is 0 Å². The van der Waals surface area contributed by atoms with E-state index in [0.29, 0.717) is 5.92 Å². The molecule has 0 aromatic carbocycles. The maximum Gasteiger partial charge on any atom is 0.348 e. The van der Waals surface area contributed by atoms with Crippen LogP contribution in [-0.4, -0.2) is 28.0 Å². The molecule has 0 radical (unpaired) electrons. The lowest BCUT2D eigenvalue weighted by Gasteiger charge is -2.26. The second-order valence-corrected chi connectivity index (χ2v) is 5.04. The monoisotopic (exact) mass is 272 g/mol. The summed E-state index contributed by atoms with van der Waals surface area (Å²) in [7, 11) is 1.78. The van der Waals surface area contributed by atoms with Gasteiger partial charge >= 0.3 is 5.69 Å². The molecule has 18 heavy (non-hydrogen) atoms. The topological polar surface area (TPSA) is 72.2 Å². The molecule has 0 aliphatic carbocycles. The van der Waals surface area contributed by atoms with E-state index < -0.39 is 4.92 Å². The van der Waals surface area contributed by atoms with Gasteiger partial charge in [0.15, 0.2) is 0 Å². The van der Waals surface area contributed by atoms with Gasteiger partial charge in [0.25, 0.3) is 0 Å². The van der Waals surface area contributed by atoms with Gasteiger partial charge < -0.3 is 4.90 Å². The molecule has 0 amide bonds. The number of anilines is 1. The van der Waals surface area contributed by atoms with Gasteiger partial charge in [0.1, 0.15) is 6.33 Å². The number of hydrogen-bond acceptors (Lipinski definition) is 5. The van der Waals surface area contributed by atoms with Crippen LogP contribution in [0.15, 0.2) is 6.33 Å². The Kier molecular flexibility index (Phi) is 4.84. The number of nitro groups is 1. The summed E-state index contributed by atoms with van der Waals surface area (Å²) in [6.07, 6.45) is 2.15. The lowest BCUT2D eigenvalue weighted by Crippen LogP contribution is -2.31. The first-order chi connectivity index (χ1) is 8.34. The van der Waals surface area contributed by atoms with Crippen molar-refractivity contribution in [2.45, 2.75) is 33.2 Å². The minimum absolute atomic E-state index is 0.131. The van der Waals surface area contributed by atoms with E-state index in [9.17, 15) is 10.1 Å². The smallest absolute Gasteiger partial charge is 0.348 e. The summed E-state index contributed by atoms with van der Waals surface area (Å²) in [6.45, 7) is 6.21. The third kappa shape index (κ3) is 3.29. The van der Waals surface area contributed by atoms with E-state index >= 15 is 0 Å². The molecule has 1 heterocycles. The fourth-order valence-corrected chi connectivity index (χ4v) is 2.01. The zero-order valence-corrected chi connectivity index (χ0v) is 11.7. The van der Waals surface area contributed by atoms with Crippen molar-refractivity contribution < 1.29 is 4.92 Å². The van der Waals surface area contributed by atoms with Crippen LogP contribution >= 0.6 is 11.6 Å². The molecule has 0 saturated carbocycles. The van der Waals surface area contributed by atoms with Crippen molar-refractivity contribution in [1.29, 1.82) is 0 Å². The lowest BCUT2D eigenvalue weighted by atomic mass is 10.0. The summed E-state index contributed by atoms with van der Waals surface area (Å²) < 4.78 is 0. The Morgan fingerprint density at radius 2 is 2.06 bits per heavy atom. The molecule has 7 heteroatoms. The van der Waals surface area contributed by atoms with Crippen LogP contribution in [0.4, 0.5) is 11.5 Å². The van der Waals surface area contributed by atoms with Crippen molar-refractivity contribution in [3.05, 3.63) is 21.6 Å². The van der Waals surface area contributed by atoms with Gasteiger partial charge in [0.2, 0.25) is 11.0 Å². The highest BCUT2D eigenvalue weighted by Crippen LogP contribution is 2.32. The van der Waals surface area contributed by atoms with Crippen LogP contribution < -0.4 is 4.90 Å². The molecule has 6 nitrogen and oxygen atoms in total. The summed E-state index contributed by atoms with van der Waals surface area (Å²) in [5.74, 6) is 0.756. The molecule has 0 bridgehead atoms. The van der Waals surface area contributed by atoms with Crippen molar-refractivity contribution >= 4 is 23.1 Å². The zero-order chi connectivity index (χ0) is 13.9. The molecule has 0 fully saturated rings. The average molecular weight is 273 g/mol. The van der Waals surface area contributed by atoms with E-state index in [1.54, 1.807) is 11.9 Å². The van der Waals surface area contributed by atoms with E-state index in [1.807, 2.05) is 6.92 Å². The van der Waals surface area contributed by atoms with Crippen LogP contribution in [0.5, 0.6) is 0 Å². The first kappa shape index (κ1) is 14.6. The van der Waals surface area contributed by atoms with Gasteiger partial charge in [-0.2, -0.15) is 0 Å². The Labute approximate surface area is 111 Å². The minimum Gasteiger partial charge on any atom is -0.351 e. The van der Waals surface area contributed by atoms with Gasteiger partial charge in [-0.25, -0.2) is 9.97 Å². The number of halogens is 1. The zero-order valence-electron chi connectivity index (χ0n) is 10.9. The van der Waals surface area contributed by atoms with Crippen LogP contribution in [0.1, 0.15) is 27.2 Å². The molecule has 1 rings (SSSR count). The van der Waals surface area contributed by atoms with Gasteiger partial charge in [-0.1, -0.05) is 25.4 Å². The van der Waals surface area contributed by atoms with Crippen molar-refractivity contribution in [3.8, 4) is 0 Å². The van der Waals surface area contributed by atoms with E-state index in [4.69, 9.17) is 11.6 Å².